The lowest BCUT2D eigenvalue weighted by atomic mass is 10.6. The molecular formula is C6H9N4. The monoisotopic (exact) mass is 137 g/mol. The van der Waals surface area contributed by atoms with Crippen LogP contribution in [-0.4, -0.2) is 30.6 Å². The van der Waals surface area contributed by atoms with Gasteiger partial charge in [0.25, 0.3) is 0 Å². The van der Waals surface area contributed by atoms with Crippen LogP contribution in [0.1, 0.15) is 0 Å². The van der Waals surface area contributed by atoms with Crippen molar-refractivity contribution in [3.05, 3.63) is 12.4 Å². The van der Waals surface area contributed by atoms with Crippen LogP contribution in [0.15, 0.2) is 17.4 Å². The van der Waals surface area contributed by atoms with Gasteiger partial charge in [0.05, 0.1) is 12.9 Å². The highest BCUT2D eigenvalue weighted by molar-refractivity contribution is 5.57. The average molecular weight is 137 g/mol. The van der Waals surface area contributed by atoms with Crippen molar-refractivity contribution in [1.29, 1.82) is 0 Å². The molecule has 0 spiro atoms. The third-order valence-electron chi connectivity index (χ3n) is 1.58. The quantitative estimate of drug-likeness (QED) is 0.519. The average Bonchev–Trinajstić information content (AvgIpc) is 2.59. The molecule has 1 atom stereocenters. The second kappa shape index (κ2) is 2.21. The molecule has 0 aliphatic carbocycles. The highest BCUT2D eigenvalue weighted by Crippen LogP contribution is 2.00. The van der Waals surface area contributed by atoms with Crippen LogP contribution in [-0.2, 0) is 0 Å². The molecule has 0 fully saturated rings. The summed E-state index contributed by atoms with van der Waals surface area (Å²) in [5, 5.41) is 7.25. The molecule has 0 amide bonds. The Morgan fingerprint density at radius 1 is 1.60 bits per heavy atom. The van der Waals surface area contributed by atoms with E-state index in [1.54, 1.807) is 6.20 Å². The Balaban J connectivity index is 1.93. The van der Waals surface area contributed by atoms with Gasteiger partial charge in [-0.25, -0.2) is 5.32 Å². The van der Waals surface area contributed by atoms with Crippen LogP contribution in [0.3, 0.4) is 0 Å². The molecule has 0 saturated carbocycles. The van der Waals surface area contributed by atoms with Crippen LogP contribution in [0.2, 0.25) is 0 Å². The lowest BCUT2D eigenvalue weighted by molar-refractivity contribution is 0.297. The van der Waals surface area contributed by atoms with Crippen molar-refractivity contribution in [2.45, 2.75) is 6.29 Å². The molecule has 2 aliphatic heterocycles. The fourth-order valence-corrected chi connectivity index (χ4v) is 1.06. The molecule has 4 nitrogen and oxygen atoms in total. The van der Waals surface area contributed by atoms with Crippen molar-refractivity contribution < 1.29 is 0 Å². The maximum Gasteiger partial charge on any atom is 0.196 e. The molecule has 2 aliphatic rings. The molecular weight excluding hydrogens is 128 g/mol. The molecule has 0 bridgehead atoms. The molecule has 1 unspecified atom stereocenters. The molecule has 4 heteroatoms. The Morgan fingerprint density at radius 2 is 2.60 bits per heavy atom. The van der Waals surface area contributed by atoms with Crippen LogP contribution in [0, 0.1) is 0 Å². The standard InChI is InChI=1S/C6H9N4/c1-2-9-6(8-1)10-4-3-7-5-10/h1-2,5-6,8H,3-4H2. The van der Waals surface area contributed by atoms with Crippen molar-refractivity contribution in [2.24, 2.45) is 4.99 Å². The predicted octanol–water partition coefficient (Wildman–Crippen LogP) is -0.707. The van der Waals surface area contributed by atoms with E-state index in [9.17, 15) is 0 Å². The van der Waals surface area contributed by atoms with Gasteiger partial charge in [-0.1, -0.05) is 0 Å². The van der Waals surface area contributed by atoms with Gasteiger partial charge in [-0.15, -0.1) is 0 Å². The van der Waals surface area contributed by atoms with E-state index in [2.05, 4.69) is 20.5 Å². The number of hydrogen-bond donors (Lipinski definition) is 1. The van der Waals surface area contributed by atoms with Crippen molar-refractivity contribution in [1.82, 2.24) is 15.5 Å². The van der Waals surface area contributed by atoms with E-state index in [0.29, 0.717) is 0 Å². The zero-order valence-corrected chi connectivity index (χ0v) is 5.57. The van der Waals surface area contributed by atoms with Crippen LogP contribution in [0.25, 0.3) is 0 Å². The third-order valence-corrected chi connectivity index (χ3v) is 1.58. The van der Waals surface area contributed by atoms with Crippen LogP contribution < -0.4 is 10.6 Å². The van der Waals surface area contributed by atoms with E-state index in [1.165, 1.54) is 0 Å². The van der Waals surface area contributed by atoms with Crippen molar-refractivity contribution in [3.8, 4) is 0 Å². The first-order valence-corrected chi connectivity index (χ1v) is 3.33. The third kappa shape index (κ3) is 0.814. The van der Waals surface area contributed by atoms with Crippen LogP contribution in [0.5, 0.6) is 0 Å². The number of nitrogens with one attached hydrogen (secondary N) is 1. The van der Waals surface area contributed by atoms with E-state index >= 15 is 0 Å². The number of rotatable bonds is 1. The van der Waals surface area contributed by atoms with Crippen molar-refractivity contribution >= 4 is 6.34 Å². The first-order chi connectivity index (χ1) is 4.97. The zero-order chi connectivity index (χ0) is 6.81. The Morgan fingerprint density at radius 3 is 3.20 bits per heavy atom. The Kier molecular flexibility index (Phi) is 1.23. The molecule has 0 aromatic rings. The van der Waals surface area contributed by atoms with E-state index in [4.69, 9.17) is 0 Å². The largest absolute Gasteiger partial charge is 0.352 e. The summed E-state index contributed by atoms with van der Waals surface area (Å²) in [7, 11) is 0. The molecule has 10 heavy (non-hydrogen) atoms. The molecule has 0 saturated heterocycles. The van der Waals surface area contributed by atoms with Crippen molar-refractivity contribution in [2.75, 3.05) is 13.1 Å². The summed E-state index contributed by atoms with van der Waals surface area (Å²) in [5.41, 5.74) is 0. The first kappa shape index (κ1) is 5.58. The number of hydrogen-bond acceptors (Lipinski definition) is 3. The van der Waals surface area contributed by atoms with E-state index in [1.807, 2.05) is 12.5 Å². The lowest BCUT2D eigenvalue weighted by Gasteiger charge is -2.20. The topological polar surface area (TPSA) is 41.7 Å². The van der Waals surface area contributed by atoms with Crippen LogP contribution >= 0.6 is 0 Å². The highest BCUT2D eigenvalue weighted by atomic mass is 15.4. The SMILES string of the molecule is C1=CNC(N2C=NCC2)[N]1. The van der Waals surface area contributed by atoms with Gasteiger partial charge >= 0.3 is 0 Å². The molecule has 2 heterocycles. The Hall–Kier alpha value is -1.19. The normalized spacial score (nSPS) is 23.4. The van der Waals surface area contributed by atoms with Gasteiger partial charge < -0.3 is 10.2 Å². The molecule has 1 N–H and O–H groups in total. The van der Waals surface area contributed by atoms with Gasteiger partial charge in [-0.05, 0) is 0 Å². The van der Waals surface area contributed by atoms with Gasteiger partial charge in [0, 0.05) is 18.9 Å². The van der Waals surface area contributed by atoms with Crippen molar-refractivity contribution in [3.63, 3.8) is 0 Å². The summed E-state index contributed by atoms with van der Waals surface area (Å²) in [4.78, 5) is 6.15. The number of aliphatic imine (C=N–C) groups is 1. The maximum absolute atomic E-state index is 4.16. The Labute approximate surface area is 59.6 Å². The highest BCUT2D eigenvalue weighted by Gasteiger charge is 2.18. The Bertz CT molecular complexity index is 167. The molecule has 53 valence electrons. The second-order valence-electron chi connectivity index (χ2n) is 2.26. The summed E-state index contributed by atoms with van der Waals surface area (Å²) in [6, 6.07) is 0. The van der Waals surface area contributed by atoms with E-state index in [0.717, 1.165) is 13.1 Å². The predicted molar refractivity (Wildman–Crippen MR) is 38.3 cm³/mol. The molecule has 0 aromatic heterocycles. The minimum Gasteiger partial charge on any atom is -0.352 e. The lowest BCUT2D eigenvalue weighted by Crippen LogP contribution is -2.43. The summed E-state index contributed by atoms with van der Waals surface area (Å²) in [5.74, 6) is 0. The molecule has 0 aromatic carbocycles. The fourth-order valence-electron chi connectivity index (χ4n) is 1.06. The van der Waals surface area contributed by atoms with E-state index in [-0.39, 0.29) is 6.29 Å². The summed E-state index contributed by atoms with van der Waals surface area (Å²) < 4.78 is 0. The fraction of sp³-hybridized carbons (Fsp3) is 0.500. The molecule has 2 rings (SSSR count). The smallest absolute Gasteiger partial charge is 0.196 e. The zero-order valence-electron chi connectivity index (χ0n) is 5.57. The summed E-state index contributed by atoms with van der Waals surface area (Å²) in [6.45, 7) is 1.87. The van der Waals surface area contributed by atoms with Gasteiger partial charge in [-0.2, -0.15) is 0 Å². The van der Waals surface area contributed by atoms with Gasteiger partial charge in [0.15, 0.2) is 6.29 Å². The minimum atomic E-state index is 0.103. The van der Waals surface area contributed by atoms with Gasteiger partial charge in [0.2, 0.25) is 0 Å². The number of nitrogens with zero attached hydrogens (tertiary/aromatic N) is 3. The maximum atomic E-state index is 4.16. The summed E-state index contributed by atoms with van der Waals surface area (Å²) >= 11 is 0. The second-order valence-corrected chi connectivity index (χ2v) is 2.26. The van der Waals surface area contributed by atoms with E-state index < -0.39 is 0 Å². The van der Waals surface area contributed by atoms with Gasteiger partial charge in [0.1, 0.15) is 0 Å². The minimum absolute atomic E-state index is 0.103. The summed E-state index contributed by atoms with van der Waals surface area (Å²) in [6.07, 6.45) is 5.56. The van der Waals surface area contributed by atoms with Gasteiger partial charge in [-0.3, -0.25) is 4.99 Å². The van der Waals surface area contributed by atoms with Crippen LogP contribution in [0.4, 0.5) is 0 Å². The molecule has 1 radical (unpaired) electrons. The first-order valence-electron chi connectivity index (χ1n) is 3.33.